The van der Waals surface area contributed by atoms with Crippen molar-refractivity contribution in [2.45, 2.75) is 17.9 Å². The van der Waals surface area contributed by atoms with Crippen LogP contribution in [0.15, 0.2) is 23.1 Å². The summed E-state index contributed by atoms with van der Waals surface area (Å²) < 4.78 is 39.4. The van der Waals surface area contributed by atoms with Crippen molar-refractivity contribution in [2.75, 3.05) is 19.7 Å². The van der Waals surface area contributed by atoms with Crippen LogP contribution >= 0.6 is 0 Å². The average molecular weight is 288 g/mol. The molecular weight excluding hydrogens is 271 g/mol. The molecule has 7 heteroatoms. The summed E-state index contributed by atoms with van der Waals surface area (Å²) in [5.41, 5.74) is 5.56. The molecule has 1 aliphatic heterocycles. The first kappa shape index (κ1) is 14.4. The third-order valence-corrected chi connectivity index (χ3v) is 5.24. The van der Waals surface area contributed by atoms with Crippen LogP contribution in [0, 0.1) is 11.7 Å². The molecule has 1 aliphatic rings. The SMILES string of the molecule is NCc1cc(S(=O)(=O)N2CCC(CO)C2)ccc1F. The van der Waals surface area contributed by atoms with E-state index in [1.807, 2.05) is 0 Å². The summed E-state index contributed by atoms with van der Waals surface area (Å²) in [6, 6.07) is 3.64. The Kier molecular flexibility index (Phi) is 4.19. The van der Waals surface area contributed by atoms with Crippen molar-refractivity contribution in [3.8, 4) is 0 Å². The van der Waals surface area contributed by atoms with Gasteiger partial charge in [-0.15, -0.1) is 0 Å². The Labute approximate surface area is 111 Å². The molecule has 1 atom stereocenters. The van der Waals surface area contributed by atoms with Gasteiger partial charge in [-0.25, -0.2) is 12.8 Å². The second-order valence-corrected chi connectivity index (χ2v) is 6.60. The van der Waals surface area contributed by atoms with Gasteiger partial charge in [-0.05, 0) is 30.5 Å². The smallest absolute Gasteiger partial charge is 0.243 e. The lowest BCUT2D eigenvalue weighted by atomic mass is 10.1. The van der Waals surface area contributed by atoms with Gasteiger partial charge in [0.1, 0.15) is 5.82 Å². The number of halogens is 1. The van der Waals surface area contributed by atoms with Gasteiger partial charge in [0.15, 0.2) is 0 Å². The lowest BCUT2D eigenvalue weighted by molar-refractivity contribution is 0.233. The first-order valence-corrected chi connectivity index (χ1v) is 7.52. The minimum Gasteiger partial charge on any atom is -0.396 e. The van der Waals surface area contributed by atoms with Crippen LogP contribution in [-0.2, 0) is 16.6 Å². The highest BCUT2D eigenvalue weighted by atomic mass is 32.2. The molecule has 5 nitrogen and oxygen atoms in total. The Bertz CT molecular complexity index is 562. The molecule has 1 aromatic carbocycles. The predicted molar refractivity (Wildman–Crippen MR) is 68.2 cm³/mol. The van der Waals surface area contributed by atoms with Crippen LogP contribution in [0.5, 0.6) is 0 Å². The molecule has 0 aliphatic carbocycles. The Morgan fingerprint density at radius 2 is 2.21 bits per heavy atom. The van der Waals surface area contributed by atoms with E-state index >= 15 is 0 Å². The number of hydrogen-bond donors (Lipinski definition) is 2. The van der Waals surface area contributed by atoms with Crippen LogP contribution in [0.4, 0.5) is 4.39 Å². The molecule has 0 aromatic heterocycles. The minimum atomic E-state index is -3.63. The third kappa shape index (κ3) is 2.79. The lowest BCUT2D eigenvalue weighted by Crippen LogP contribution is -2.29. The molecule has 0 bridgehead atoms. The Morgan fingerprint density at radius 3 is 2.79 bits per heavy atom. The van der Waals surface area contributed by atoms with Crippen molar-refractivity contribution in [3.63, 3.8) is 0 Å². The number of hydrogen-bond acceptors (Lipinski definition) is 4. The highest BCUT2D eigenvalue weighted by Gasteiger charge is 2.32. The first-order valence-electron chi connectivity index (χ1n) is 6.08. The van der Waals surface area contributed by atoms with Crippen LogP contribution < -0.4 is 5.73 Å². The Hall–Kier alpha value is -1.02. The van der Waals surface area contributed by atoms with Crippen molar-refractivity contribution in [2.24, 2.45) is 11.7 Å². The van der Waals surface area contributed by atoms with Crippen molar-refractivity contribution in [1.82, 2.24) is 4.31 Å². The average Bonchev–Trinajstić information content (AvgIpc) is 2.88. The molecule has 0 amide bonds. The van der Waals surface area contributed by atoms with Gasteiger partial charge in [-0.3, -0.25) is 0 Å². The fraction of sp³-hybridized carbons (Fsp3) is 0.500. The zero-order chi connectivity index (χ0) is 14.0. The second-order valence-electron chi connectivity index (χ2n) is 4.66. The molecule has 19 heavy (non-hydrogen) atoms. The number of aliphatic hydroxyl groups is 1. The van der Waals surface area contributed by atoms with Gasteiger partial charge in [0.2, 0.25) is 10.0 Å². The quantitative estimate of drug-likeness (QED) is 0.834. The summed E-state index contributed by atoms with van der Waals surface area (Å²) >= 11 is 0. The van der Waals surface area contributed by atoms with E-state index in [4.69, 9.17) is 10.8 Å². The lowest BCUT2D eigenvalue weighted by Gasteiger charge is -2.17. The van der Waals surface area contributed by atoms with Crippen LogP contribution in [-0.4, -0.2) is 37.5 Å². The van der Waals surface area contributed by atoms with E-state index < -0.39 is 15.8 Å². The van der Waals surface area contributed by atoms with E-state index in [9.17, 15) is 12.8 Å². The molecule has 1 unspecified atom stereocenters. The maximum atomic E-state index is 13.3. The van der Waals surface area contributed by atoms with Crippen molar-refractivity contribution < 1.29 is 17.9 Å². The molecule has 0 radical (unpaired) electrons. The normalized spacial score (nSPS) is 20.9. The summed E-state index contributed by atoms with van der Waals surface area (Å²) in [6.45, 7) is 0.606. The van der Waals surface area contributed by atoms with E-state index in [0.717, 1.165) is 6.07 Å². The van der Waals surface area contributed by atoms with Gasteiger partial charge in [0.25, 0.3) is 0 Å². The third-order valence-electron chi connectivity index (χ3n) is 3.38. The van der Waals surface area contributed by atoms with Crippen LogP contribution in [0.3, 0.4) is 0 Å². The summed E-state index contributed by atoms with van der Waals surface area (Å²) in [5, 5.41) is 9.05. The summed E-state index contributed by atoms with van der Waals surface area (Å²) in [7, 11) is -3.63. The molecule has 0 saturated carbocycles. The number of rotatable bonds is 4. The van der Waals surface area contributed by atoms with Crippen LogP contribution in [0.25, 0.3) is 0 Å². The molecular formula is C12H17FN2O3S. The van der Waals surface area contributed by atoms with Gasteiger partial charge >= 0.3 is 0 Å². The number of nitrogens with zero attached hydrogens (tertiary/aromatic N) is 1. The van der Waals surface area contributed by atoms with Crippen molar-refractivity contribution >= 4 is 10.0 Å². The Balaban J connectivity index is 2.30. The minimum absolute atomic E-state index is 0.0239. The highest BCUT2D eigenvalue weighted by Crippen LogP contribution is 2.25. The molecule has 2 rings (SSSR count). The molecule has 106 valence electrons. The number of aliphatic hydroxyl groups excluding tert-OH is 1. The maximum absolute atomic E-state index is 13.3. The number of nitrogens with two attached hydrogens (primary N) is 1. The zero-order valence-electron chi connectivity index (χ0n) is 10.4. The van der Waals surface area contributed by atoms with E-state index in [1.54, 1.807) is 0 Å². The fourth-order valence-electron chi connectivity index (χ4n) is 2.18. The molecule has 1 heterocycles. The summed E-state index contributed by atoms with van der Waals surface area (Å²) in [6.07, 6.45) is 0.640. The van der Waals surface area contributed by atoms with Gasteiger partial charge < -0.3 is 10.8 Å². The van der Waals surface area contributed by atoms with Crippen LogP contribution in [0.1, 0.15) is 12.0 Å². The number of benzene rings is 1. The van der Waals surface area contributed by atoms with Gasteiger partial charge in [-0.2, -0.15) is 4.31 Å². The van der Waals surface area contributed by atoms with Gasteiger partial charge in [0, 0.05) is 31.8 Å². The van der Waals surface area contributed by atoms with E-state index in [0.29, 0.717) is 19.5 Å². The van der Waals surface area contributed by atoms with Crippen molar-refractivity contribution in [3.05, 3.63) is 29.6 Å². The standard InChI is InChI=1S/C12H17FN2O3S/c13-12-2-1-11(5-10(12)6-14)19(17,18)15-4-3-9(7-15)8-16/h1-2,5,9,16H,3-4,6-8,14H2. The molecule has 1 saturated heterocycles. The maximum Gasteiger partial charge on any atom is 0.243 e. The second kappa shape index (κ2) is 5.54. The van der Waals surface area contributed by atoms with Gasteiger partial charge in [-0.1, -0.05) is 0 Å². The molecule has 1 aromatic rings. The summed E-state index contributed by atoms with van der Waals surface area (Å²) in [4.78, 5) is 0.0490. The van der Waals surface area contributed by atoms with E-state index in [-0.39, 0.29) is 29.5 Å². The monoisotopic (exact) mass is 288 g/mol. The molecule has 1 fully saturated rings. The van der Waals surface area contributed by atoms with E-state index in [1.165, 1.54) is 16.4 Å². The predicted octanol–water partition coefficient (Wildman–Crippen LogP) is 0.287. The zero-order valence-corrected chi connectivity index (χ0v) is 11.2. The first-order chi connectivity index (χ1) is 8.98. The largest absolute Gasteiger partial charge is 0.396 e. The van der Waals surface area contributed by atoms with Crippen molar-refractivity contribution in [1.29, 1.82) is 0 Å². The molecule has 3 N–H and O–H groups in total. The fourth-order valence-corrected chi connectivity index (χ4v) is 3.76. The molecule has 0 spiro atoms. The Morgan fingerprint density at radius 1 is 1.47 bits per heavy atom. The van der Waals surface area contributed by atoms with Crippen LogP contribution in [0.2, 0.25) is 0 Å². The van der Waals surface area contributed by atoms with Gasteiger partial charge in [0.05, 0.1) is 4.90 Å². The van der Waals surface area contributed by atoms with E-state index in [2.05, 4.69) is 0 Å². The topological polar surface area (TPSA) is 83.6 Å². The summed E-state index contributed by atoms with van der Waals surface area (Å²) in [5.74, 6) is -0.527. The highest BCUT2D eigenvalue weighted by molar-refractivity contribution is 7.89. The number of sulfonamides is 1.